The number of nitrogens with one attached hydrogen (secondary N) is 1. The molecule has 2 rings (SSSR count). The van der Waals surface area contributed by atoms with Gasteiger partial charge in [-0.3, -0.25) is 14.5 Å². The lowest BCUT2D eigenvalue weighted by atomic mass is 10.2. The number of urea groups is 1. The summed E-state index contributed by atoms with van der Waals surface area (Å²) >= 11 is 3.37. The van der Waals surface area contributed by atoms with Crippen molar-refractivity contribution in [1.29, 1.82) is 0 Å². The Hall–Kier alpha value is -1.89. The number of benzene rings is 1. The lowest BCUT2D eigenvalue weighted by Crippen LogP contribution is -2.32. The van der Waals surface area contributed by atoms with Crippen LogP contribution in [0.1, 0.15) is 18.4 Å². The molecule has 118 valence electrons. The molecule has 0 spiro atoms. The van der Waals surface area contributed by atoms with Crippen LogP contribution in [0.4, 0.5) is 10.5 Å². The van der Waals surface area contributed by atoms with Crippen molar-refractivity contribution >= 4 is 39.5 Å². The minimum atomic E-state index is -0.297. The van der Waals surface area contributed by atoms with Gasteiger partial charge < -0.3 is 10.2 Å². The number of nitrogens with zero attached hydrogens (tertiary/aromatic N) is 2. The lowest BCUT2D eigenvalue weighted by molar-refractivity contribution is -0.125. The van der Waals surface area contributed by atoms with E-state index in [1.165, 1.54) is 9.80 Å². The molecule has 1 aliphatic heterocycles. The van der Waals surface area contributed by atoms with Crippen molar-refractivity contribution in [2.75, 3.05) is 25.5 Å². The summed E-state index contributed by atoms with van der Waals surface area (Å²) in [7, 11) is 1.59. The van der Waals surface area contributed by atoms with E-state index in [9.17, 15) is 14.4 Å². The number of aryl methyl sites for hydroxylation is 1. The molecule has 0 aromatic heterocycles. The Balaban J connectivity index is 1.81. The smallest absolute Gasteiger partial charge is 0.326 e. The molecular formula is C15H18BrN3O3. The second-order valence-corrected chi connectivity index (χ2v) is 6.21. The first-order valence-corrected chi connectivity index (χ1v) is 7.79. The van der Waals surface area contributed by atoms with E-state index in [4.69, 9.17) is 0 Å². The van der Waals surface area contributed by atoms with Crippen LogP contribution < -0.4 is 5.32 Å². The fourth-order valence-electron chi connectivity index (χ4n) is 2.27. The maximum absolute atomic E-state index is 11.9. The van der Waals surface area contributed by atoms with Gasteiger partial charge in [-0.2, -0.15) is 0 Å². The Morgan fingerprint density at radius 1 is 1.36 bits per heavy atom. The zero-order valence-electron chi connectivity index (χ0n) is 12.6. The van der Waals surface area contributed by atoms with E-state index in [1.807, 2.05) is 25.1 Å². The van der Waals surface area contributed by atoms with Crippen molar-refractivity contribution < 1.29 is 14.4 Å². The molecule has 0 radical (unpaired) electrons. The van der Waals surface area contributed by atoms with Crippen molar-refractivity contribution in [1.82, 2.24) is 9.80 Å². The predicted molar refractivity (Wildman–Crippen MR) is 86.5 cm³/mol. The number of rotatable bonds is 5. The molecule has 1 aromatic carbocycles. The summed E-state index contributed by atoms with van der Waals surface area (Å²) in [6, 6.07) is 5.32. The lowest BCUT2D eigenvalue weighted by Gasteiger charge is -2.14. The molecule has 1 aromatic rings. The monoisotopic (exact) mass is 367 g/mol. The molecule has 1 N–H and O–H groups in total. The molecule has 4 amide bonds. The molecule has 1 heterocycles. The van der Waals surface area contributed by atoms with Crippen LogP contribution in [0.15, 0.2) is 22.7 Å². The summed E-state index contributed by atoms with van der Waals surface area (Å²) in [5, 5.41) is 2.84. The third kappa shape index (κ3) is 3.85. The van der Waals surface area contributed by atoms with Crippen molar-refractivity contribution in [3.63, 3.8) is 0 Å². The van der Waals surface area contributed by atoms with Gasteiger partial charge >= 0.3 is 6.03 Å². The van der Waals surface area contributed by atoms with E-state index in [1.54, 1.807) is 7.05 Å². The van der Waals surface area contributed by atoms with E-state index >= 15 is 0 Å². The summed E-state index contributed by atoms with van der Waals surface area (Å²) in [5.74, 6) is -0.338. The highest BCUT2D eigenvalue weighted by Crippen LogP contribution is 2.20. The Morgan fingerprint density at radius 3 is 2.68 bits per heavy atom. The number of hydrogen-bond acceptors (Lipinski definition) is 3. The molecule has 0 saturated carbocycles. The molecule has 1 saturated heterocycles. The van der Waals surface area contributed by atoms with Crippen LogP contribution in [0.2, 0.25) is 0 Å². The Labute approximate surface area is 137 Å². The third-order valence-corrected chi connectivity index (χ3v) is 3.97. The SMILES string of the molecule is Cc1cc(Br)ccc1NC(=O)CCCN1C(=O)CN(C)C1=O. The van der Waals surface area contributed by atoms with Crippen LogP contribution in [-0.2, 0) is 9.59 Å². The number of anilines is 1. The largest absolute Gasteiger partial charge is 0.326 e. The first kappa shape index (κ1) is 16.5. The van der Waals surface area contributed by atoms with Crippen molar-refractivity contribution in [3.8, 4) is 0 Å². The Morgan fingerprint density at radius 2 is 2.09 bits per heavy atom. The summed E-state index contributed by atoms with van der Waals surface area (Å²) in [4.78, 5) is 37.8. The summed E-state index contributed by atoms with van der Waals surface area (Å²) < 4.78 is 0.957. The van der Waals surface area contributed by atoms with Crippen molar-refractivity contribution in [3.05, 3.63) is 28.2 Å². The van der Waals surface area contributed by atoms with Crippen molar-refractivity contribution in [2.45, 2.75) is 19.8 Å². The molecule has 6 nitrogen and oxygen atoms in total. The normalized spacial score (nSPS) is 14.7. The fourth-order valence-corrected chi connectivity index (χ4v) is 2.74. The van der Waals surface area contributed by atoms with Gasteiger partial charge in [0.1, 0.15) is 6.54 Å². The fraction of sp³-hybridized carbons (Fsp3) is 0.400. The summed E-state index contributed by atoms with van der Waals surface area (Å²) in [6.45, 7) is 2.30. The van der Waals surface area contributed by atoms with Crippen LogP contribution in [0.3, 0.4) is 0 Å². The van der Waals surface area contributed by atoms with Crippen LogP contribution in [0, 0.1) is 6.92 Å². The number of likely N-dealkylation sites (N-methyl/N-ethyl adjacent to an activating group) is 1. The van der Waals surface area contributed by atoms with Crippen LogP contribution in [-0.4, -0.2) is 47.8 Å². The number of imide groups is 1. The van der Waals surface area contributed by atoms with Crippen molar-refractivity contribution in [2.24, 2.45) is 0 Å². The molecule has 7 heteroatoms. The number of carbonyl (C=O) groups excluding carboxylic acids is 3. The average Bonchev–Trinajstić information content (AvgIpc) is 2.68. The highest BCUT2D eigenvalue weighted by atomic mass is 79.9. The first-order valence-electron chi connectivity index (χ1n) is 7.00. The predicted octanol–water partition coefficient (Wildman–Crippen LogP) is 2.37. The second-order valence-electron chi connectivity index (χ2n) is 5.29. The van der Waals surface area contributed by atoms with Crippen LogP contribution in [0.25, 0.3) is 0 Å². The summed E-state index contributed by atoms with van der Waals surface area (Å²) in [5.41, 5.74) is 1.73. The molecule has 0 bridgehead atoms. The molecule has 1 fully saturated rings. The van der Waals surface area contributed by atoms with E-state index < -0.39 is 0 Å². The molecule has 0 aliphatic carbocycles. The van der Waals surface area contributed by atoms with Gasteiger partial charge in [0, 0.05) is 30.2 Å². The van der Waals surface area contributed by atoms with Gasteiger partial charge in [0.15, 0.2) is 0 Å². The zero-order chi connectivity index (χ0) is 16.3. The average molecular weight is 368 g/mol. The highest BCUT2D eigenvalue weighted by molar-refractivity contribution is 9.10. The van der Waals surface area contributed by atoms with Gasteiger partial charge in [0.05, 0.1) is 0 Å². The van der Waals surface area contributed by atoms with Gasteiger partial charge in [0.2, 0.25) is 11.8 Å². The van der Waals surface area contributed by atoms with E-state index in [-0.39, 0.29) is 37.4 Å². The quantitative estimate of drug-likeness (QED) is 0.812. The zero-order valence-corrected chi connectivity index (χ0v) is 14.1. The standard InChI is InChI=1S/C15H18BrN3O3/c1-10-8-11(16)5-6-12(10)17-13(20)4-3-7-19-14(21)9-18(2)15(19)22/h5-6,8H,3-4,7,9H2,1-2H3,(H,17,20). The highest BCUT2D eigenvalue weighted by Gasteiger charge is 2.32. The Kier molecular flexibility index (Phi) is 5.18. The number of carbonyl (C=O) groups is 3. The van der Waals surface area contributed by atoms with E-state index in [0.29, 0.717) is 6.42 Å². The minimum absolute atomic E-state index is 0.114. The maximum atomic E-state index is 11.9. The topological polar surface area (TPSA) is 69.7 Å². The third-order valence-electron chi connectivity index (χ3n) is 3.48. The Bertz CT molecular complexity index is 618. The molecule has 0 unspecified atom stereocenters. The minimum Gasteiger partial charge on any atom is -0.326 e. The van der Waals surface area contributed by atoms with Gasteiger partial charge in [0.25, 0.3) is 0 Å². The number of halogens is 1. The van der Waals surface area contributed by atoms with Gasteiger partial charge in [-0.25, -0.2) is 4.79 Å². The van der Waals surface area contributed by atoms with Gasteiger partial charge in [-0.1, -0.05) is 15.9 Å². The number of amides is 4. The van der Waals surface area contributed by atoms with Crippen LogP contribution >= 0.6 is 15.9 Å². The maximum Gasteiger partial charge on any atom is 0.326 e. The molecule has 22 heavy (non-hydrogen) atoms. The first-order chi connectivity index (χ1) is 10.4. The van der Waals surface area contributed by atoms with Crippen LogP contribution in [0.5, 0.6) is 0 Å². The molecular weight excluding hydrogens is 350 g/mol. The summed E-state index contributed by atoms with van der Waals surface area (Å²) in [6.07, 6.45) is 0.711. The molecule has 0 atom stereocenters. The van der Waals surface area contributed by atoms with E-state index in [0.717, 1.165) is 15.7 Å². The number of hydrogen-bond donors (Lipinski definition) is 1. The second kappa shape index (κ2) is 6.91. The molecule has 1 aliphatic rings. The van der Waals surface area contributed by atoms with E-state index in [2.05, 4.69) is 21.2 Å². The van der Waals surface area contributed by atoms with Gasteiger partial charge in [-0.15, -0.1) is 0 Å². The van der Waals surface area contributed by atoms with Gasteiger partial charge in [-0.05, 0) is 37.1 Å².